The summed E-state index contributed by atoms with van der Waals surface area (Å²) in [5, 5.41) is 3.45. The summed E-state index contributed by atoms with van der Waals surface area (Å²) in [7, 11) is 0. The maximum absolute atomic E-state index is 13.6. The highest BCUT2D eigenvalue weighted by atomic mass is 19.1. The lowest BCUT2D eigenvalue weighted by Crippen LogP contribution is -2.48. The SMILES string of the molecule is O=C(Nc1c(C(=O)N2CCC(N3CCCCC3)CC2)oc2ccccc12)c1cccc(F)c1. The lowest BCUT2D eigenvalue weighted by atomic mass is 9.99. The van der Waals surface area contributed by atoms with E-state index >= 15 is 0 Å². The second kappa shape index (κ2) is 9.35. The minimum Gasteiger partial charge on any atom is -0.449 e. The monoisotopic (exact) mass is 449 g/mol. The Hall–Kier alpha value is -3.19. The number of amides is 2. The predicted octanol–water partition coefficient (Wildman–Crippen LogP) is 4.91. The summed E-state index contributed by atoms with van der Waals surface area (Å²) < 4.78 is 19.5. The third-order valence-corrected chi connectivity index (χ3v) is 6.77. The number of anilines is 1. The minimum absolute atomic E-state index is 0.123. The molecule has 2 aliphatic heterocycles. The fourth-order valence-electron chi connectivity index (χ4n) is 5.00. The number of piperidine rings is 2. The molecule has 0 unspecified atom stereocenters. The Kier molecular flexibility index (Phi) is 6.13. The zero-order chi connectivity index (χ0) is 22.8. The molecule has 2 aromatic carbocycles. The van der Waals surface area contributed by atoms with Crippen LogP contribution in [0.1, 0.15) is 53.0 Å². The van der Waals surface area contributed by atoms with Gasteiger partial charge in [-0.15, -0.1) is 0 Å². The van der Waals surface area contributed by atoms with Gasteiger partial charge in [0.2, 0.25) is 5.76 Å². The number of para-hydroxylation sites is 1. The fraction of sp³-hybridized carbons (Fsp3) is 0.385. The molecule has 5 rings (SSSR count). The van der Waals surface area contributed by atoms with E-state index in [1.807, 2.05) is 17.0 Å². The van der Waals surface area contributed by atoms with Crippen LogP contribution >= 0.6 is 0 Å². The van der Waals surface area contributed by atoms with Crippen molar-refractivity contribution in [1.29, 1.82) is 0 Å². The summed E-state index contributed by atoms with van der Waals surface area (Å²) in [6.45, 7) is 3.62. The summed E-state index contributed by atoms with van der Waals surface area (Å²) in [6.07, 6.45) is 5.71. The van der Waals surface area contributed by atoms with Gasteiger partial charge >= 0.3 is 0 Å². The normalized spacial score (nSPS) is 17.9. The molecular weight excluding hydrogens is 421 g/mol. The average Bonchev–Trinajstić information content (AvgIpc) is 3.22. The number of benzene rings is 2. The smallest absolute Gasteiger partial charge is 0.291 e. The standard InChI is InChI=1S/C26H28FN3O3/c27-19-8-6-7-18(17-19)25(31)28-23-21-9-2-3-10-22(21)33-24(23)26(32)30-15-11-20(12-16-30)29-13-4-1-5-14-29/h2-3,6-10,17,20H,1,4-5,11-16H2,(H,28,31). The number of carbonyl (C=O) groups excluding carboxylic acids is 2. The van der Waals surface area contributed by atoms with E-state index in [1.165, 1.54) is 43.5 Å². The van der Waals surface area contributed by atoms with Gasteiger partial charge in [0.15, 0.2) is 0 Å². The molecule has 7 heteroatoms. The van der Waals surface area contributed by atoms with Crippen LogP contribution in [-0.4, -0.2) is 53.8 Å². The molecule has 2 saturated heterocycles. The van der Waals surface area contributed by atoms with Crippen molar-refractivity contribution in [2.24, 2.45) is 0 Å². The lowest BCUT2D eigenvalue weighted by molar-refractivity contribution is 0.0565. The summed E-state index contributed by atoms with van der Waals surface area (Å²) in [4.78, 5) is 30.7. The maximum Gasteiger partial charge on any atom is 0.291 e. The Morgan fingerprint density at radius 1 is 0.939 bits per heavy atom. The zero-order valence-corrected chi connectivity index (χ0v) is 18.6. The van der Waals surface area contributed by atoms with Crippen LogP contribution in [0.4, 0.5) is 10.1 Å². The van der Waals surface area contributed by atoms with Gasteiger partial charge in [-0.3, -0.25) is 9.59 Å². The van der Waals surface area contributed by atoms with Gasteiger partial charge < -0.3 is 19.5 Å². The molecule has 3 heterocycles. The maximum atomic E-state index is 13.6. The second-order valence-electron chi connectivity index (χ2n) is 8.89. The highest BCUT2D eigenvalue weighted by Gasteiger charge is 2.31. The third-order valence-electron chi connectivity index (χ3n) is 6.77. The first-order valence-electron chi connectivity index (χ1n) is 11.7. The van der Waals surface area contributed by atoms with Gasteiger partial charge in [-0.1, -0.05) is 24.6 Å². The van der Waals surface area contributed by atoms with E-state index in [2.05, 4.69) is 10.2 Å². The van der Waals surface area contributed by atoms with Gasteiger partial charge in [-0.2, -0.15) is 0 Å². The van der Waals surface area contributed by atoms with Crippen molar-refractivity contribution >= 4 is 28.5 Å². The average molecular weight is 450 g/mol. The van der Waals surface area contributed by atoms with E-state index in [0.717, 1.165) is 25.9 Å². The van der Waals surface area contributed by atoms with Crippen molar-refractivity contribution in [1.82, 2.24) is 9.80 Å². The third kappa shape index (κ3) is 4.50. The van der Waals surface area contributed by atoms with E-state index in [-0.39, 0.29) is 17.2 Å². The molecule has 2 aliphatic rings. The molecule has 1 N–H and O–H groups in total. The molecule has 33 heavy (non-hydrogen) atoms. The number of hydrogen-bond acceptors (Lipinski definition) is 4. The number of nitrogens with one attached hydrogen (secondary N) is 1. The van der Waals surface area contributed by atoms with E-state index in [1.54, 1.807) is 12.1 Å². The van der Waals surface area contributed by atoms with Crippen molar-refractivity contribution in [3.63, 3.8) is 0 Å². The van der Waals surface area contributed by atoms with E-state index < -0.39 is 11.7 Å². The number of hydrogen-bond donors (Lipinski definition) is 1. The van der Waals surface area contributed by atoms with Gasteiger partial charge in [0.1, 0.15) is 17.1 Å². The zero-order valence-electron chi connectivity index (χ0n) is 18.6. The summed E-state index contributed by atoms with van der Waals surface area (Å²) in [6, 6.07) is 13.2. The largest absolute Gasteiger partial charge is 0.449 e. The Morgan fingerprint density at radius 2 is 1.70 bits per heavy atom. The Bertz CT molecular complexity index is 1160. The molecule has 2 fully saturated rings. The van der Waals surface area contributed by atoms with Crippen LogP contribution in [0.3, 0.4) is 0 Å². The Balaban J connectivity index is 1.36. The summed E-state index contributed by atoms with van der Waals surface area (Å²) >= 11 is 0. The van der Waals surface area contributed by atoms with E-state index in [4.69, 9.17) is 4.42 Å². The van der Waals surface area contributed by atoms with Gasteiger partial charge in [0.25, 0.3) is 11.8 Å². The molecule has 0 radical (unpaired) electrons. The number of fused-ring (bicyclic) bond motifs is 1. The van der Waals surface area contributed by atoms with Gasteiger partial charge in [0.05, 0.1) is 0 Å². The molecule has 0 saturated carbocycles. The Labute approximate surface area is 192 Å². The second-order valence-corrected chi connectivity index (χ2v) is 8.89. The molecule has 0 aliphatic carbocycles. The molecule has 0 atom stereocenters. The molecule has 0 spiro atoms. The molecule has 0 bridgehead atoms. The van der Waals surface area contributed by atoms with Crippen molar-refractivity contribution in [2.75, 3.05) is 31.5 Å². The Morgan fingerprint density at radius 3 is 2.45 bits per heavy atom. The minimum atomic E-state index is -0.493. The van der Waals surface area contributed by atoms with Crippen molar-refractivity contribution in [2.45, 2.75) is 38.1 Å². The fourth-order valence-corrected chi connectivity index (χ4v) is 5.00. The molecule has 2 amide bonds. The number of halogens is 1. The van der Waals surface area contributed by atoms with Crippen molar-refractivity contribution < 1.29 is 18.4 Å². The first kappa shape index (κ1) is 21.6. The molecule has 172 valence electrons. The van der Waals surface area contributed by atoms with Crippen LogP contribution in [0.25, 0.3) is 11.0 Å². The quantitative estimate of drug-likeness (QED) is 0.614. The van der Waals surface area contributed by atoms with E-state index in [0.29, 0.717) is 35.8 Å². The number of rotatable bonds is 4. The number of carbonyl (C=O) groups is 2. The van der Waals surface area contributed by atoms with Gasteiger partial charge in [0, 0.05) is 30.1 Å². The first-order valence-corrected chi connectivity index (χ1v) is 11.7. The van der Waals surface area contributed by atoms with Gasteiger partial charge in [-0.05, 0) is 69.1 Å². The molecule has 3 aromatic rings. The topological polar surface area (TPSA) is 65.8 Å². The van der Waals surface area contributed by atoms with E-state index in [9.17, 15) is 14.0 Å². The summed E-state index contributed by atoms with van der Waals surface area (Å²) in [5.74, 6) is -1.08. The highest BCUT2D eigenvalue weighted by molar-refractivity contribution is 6.14. The number of furan rings is 1. The number of likely N-dealkylation sites (tertiary alicyclic amines) is 2. The van der Waals surface area contributed by atoms with Crippen LogP contribution in [0.15, 0.2) is 52.9 Å². The molecular formula is C26H28FN3O3. The van der Waals surface area contributed by atoms with Crippen LogP contribution in [0.2, 0.25) is 0 Å². The van der Waals surface area contributed by atoms with Crippen LogP contribution in [0, 0.1) is 5.82 Å². The summed E-state index contributed by atoms with van der Waals surface area (Å²) in [5.41, 5.74) is 1.04. The molecule has 1 aromatic heterocycles. The number of nitrogens with zero attached hydrogens (tertiary/aromatic N) is 2. The lowest BCUT2D eigenvalue weighted by Gasteiger charge is -2.40. The van der Waals surface area contributed by atoms with Crippen LogP contribution in [0.5, 0.6) is 0 Å². The highest BCUT2D eigenvalue weighted by Crippen LogP contribution is 2.33. The van der Waals surface area contributed by atoms with Gasteiger partial charge in [-0.25, -0.2) is 4.39 Å². The van der Waals surface area contributed by atoms with Crippen molar-refractivity contribution in [3.05, 3.63) is 65.7 Å². The predicted molar refractivity (Wildman–Crippen MR) is 125 cm³/mol. The van der Waals surface area contributed by atoms with Crippen LogP contribution in [-0.2, 0) is 0 Å². The van der Waals surface area contributed by atoms with Crippen molar-refractivity contribution in [3.8, 4) is 0 Å². The van der Waals surface area contributed by atoms with Crippen LogP contribution < -0.4 is 5.32 Å². The molecule has 6 nitrogen and oxygen atoms in total. The first-order chi connectivity index (χ1) is 16.1.